The fraction of sp³-hybridized carbons (Fsp3) is 0.444. The average molecular weight is 348 g/mol. The van der Waals surface area contributed by atoms with Gasteiger partial charge < -0.3 is 10.1 Å². The van der Waals surface area contributed by atoms with E-state index in [9.17, 15) is 0 Å². The Labute approximate surface area is 135 Å². The van der Waals surface area contributed by atoms with Gasteiger partial charge in [0, 0.05) is 12.6 Å². The summed E-state index contributed by atoms with van der Waals surface area (Å²) in [5, 5.41) is 6.01. The normalized spacial score (nSPS) is 16.4. The van der Waals surface area contributed by atoms with Gasteiger partial charge in [0.2, 0.25) is 0 Å². The zero-order valence-electron chi connectivity index (χ0n) is 12.6. The van der Waals surface area contributed by atoms with Crippen LogP contribution in [0.1, 0.15) is 26.7 Å². The van der Waals surface area contributed by atoms with Crippen molar-refractivity contribution in [1.29, 1.82) is 0 Å². The number of hydrogen-bond donors (Lipinski definition) is 1. The van der Waals surface area contributed by atoms with Crippen LogP contribution in [-0.4, -0.2) is 18.7 Å². The summed E-state index contributed by atoms with van der Waals surface area (Å²) < 4.78 is 7.34. The molecule has 0 amide bonds. The van der Waals surface area contributed by atoms with Crippen LogP contribution in [0.25, 0.3) is 10.8 Å². The molecule has 0 aromatic heterocycles. The van der Waals surface area contributed by atoms with E-state index in [2.05, 4.69) is 71.5 Å². The summed E-state index contributed by atoms with van der Waals surface area (Å²) in [6, 6.07) is 13.3. The van der Waals surface area contributed by atoms with E-state index in [0.717, 1.165) is 22.8 Å². The highest BCUT2D eigenvalue weighted by Crippen LogP contribution is 2.34. The summed E-state index contributed by atoms with van der Waals surface area (Å²) in [5.41, 5.74) is 0. The molecular formula is C18H22BrNO. The predicted octanol–water partition coefficient (Wildman–Crippen LogP) is 4.76. The third kappa shape index (κ3) is 3.58. The quantitative estimate of drug-likeness (QED) is 0.813. The van der Waals surface area contributed by atoms with Crippen molar-refractivity contribution in [1.82, 2.24) is 5.32 Å². The maximum absolute atomic E-state index is 6.28. The van der Waals surface area contributed by atoms with E-state index >= 15 is 0 Å². The molecule has 3 rings (SSSR count). The smallest absolute Gasteiger partial charge is 0.134 e. The van der Waals surface area contributed by atoms with Crippen molar-refractivity contribution < 1.29 is 4.74 Å². The molecule has 1 aliphatic carbocycles. The van der Waals surface area contributed by atoms with Crippen molar-refractivity contribution in [3.63, 3.8) is 0 Å². The monoisotopic (exact) mass is 347 g/mol. The zero-order chi connectivity index (χ0) is 14.8. The Balaban J connectivity index is 1.79. The Kier molecular flexibility index (Phi) is 4.51. The van der Waals surface area contributed by atoms with E-state index in [4.69, 9.17) is 4.74 Å². The Bertz CT molecular complexity index is 622. The highest BCUT2D eigenvalue weighted by Gasteiger charge is 2.24. The molecule has 0 spiro atoms. The van der Waals surface area contributed by atoms with Crippen LogP contribution in [0.4, 0.5) is 0 Å². The van der Waals surface area contributed by atoms with Crippen LogP contribution in [0.15, 0.2) is 40.9 Å². The van der Waals surface area contributed by atoms with Crippen LogP contribution in [0.3, 0.4) is 0 Å². The zero-order valence-corrected chi connectivity index (χ0v) is 14.2. The van der Waals surface area contributed by atoms with Crippen molar-refractivity contribution in [3.05, 3.63) is 40.9 Å². The van der Waals surface area contributed by atoms with Crippen molar-refractivity contribution in [2.45, 2.75) is 38.8 Å². The van der Waals surface area contributed by atoms with Gasteiger partial charge in [0.1, 0.15) is 11.9 Å². The minimum atomic E-state index is 0.197. The number of nitrogens with one attached hydrogen (secondary N) is 1. The molecule has 0 radical (unpaired) electrons. The van der Waals surface area contributed by atoms with E-state index in [1.807, 2.05) is 0 Å². The molecule has 2 aromatic rings. The summed E-state index contributed by atoms with van der Waals surface area (Å²) in [6.45, 7) is 5.35. The van der Waals surface area contributed by atoms with Gasteiger partial charge in [0.25, 0.3) is 0 Å². The lowest BCUT2D eigenvalue weighted by Crippen LogP contribution is -2.36. The number of ether oxygens (including phenoxy) is 1. The Morgan fingerprint density at radius 1 is 1.19 bits per heavy atom. The molecule has 2 aromatic carbocycles. The van der Waals surface area contributed by atoms with Crippen LogP contribution < -0.4 is 10.1 Å². The van der Waals surface area contributed by atoms with Gasteiger partial charge in [-0.25, -0.2) is 0 Å². The van der Waals surface area contributed by atoms with Gasteiger partial charge in [0.15, 0.2) is 0 Å². The number of rotatable bonds is 6. The summed E-state index contributed by atoms with van der Waals surface area (Å²) in [4.78, 5) is 0. The second-order valence-corrected chi connectivity index (χ2v) is 6.97. The van der Waals surface area contributed by atoms with E-state index < -0.39 is 0 Å². The molecule has 1 saturated carbocycles. The van der Waals surface area contributed by atoms with E-state index in [1.165, 1.54) is 23.6 Å². The molecule has 0 aliphatic heterocycles. The fourth-order valence-electron chi connectivity index (χ4n) is 2.45. The first kappa shape index (κ1) is 14.9. The molecule has 112 valence electrons. The lowest BCUT2D eigenvalue weighted by atomic mass is 10.1. The molecule has 1 N–H and O–H groups in total. The minimum Gasteiger partial charge on any atom is -0.488 e. The van der Waals surface area contributed by atoms with Gasteiger partial charge in [-0.2, -0.15) is 0 Å². The summed E-state index contributed by atoms with van der Waals surface area (Å²) >= 11 is 3.71. The van der Waals surface area contributed by atoms with Gasteiger partial charge in [-0.3, -0.25) is 0 Å². The van der Waals surface area contributed by atoms with Crippen molar-refractivity contribution in [3.8, 4) is 5.75 Å². The molecule has 0 bridgehead atoms. The van der Waals surface area contributed by atoms with E-state index in [1.54, 1.807) is 0 Å². The third-order valence-electron chi connectivity index (χ3n) is 4.03. The van der Waals surface area contributed by atoms with Gasteiger partial charge in [-0.05, 0) is 51.5 Å². The highest BCUT2D eigenvalue weighted by atomic mass is 79.9. The molecule has 2 nitrogen and oxygen atoms in total. The Morgan fingerprint density at radius 2 is 1.95 bits per heavy atom. The molecule has 1 unspecified atom stereocenters. The molecule has 1 fully saturated rings. The van der Waals surface area contributed by atoms with Crippen LogP contribution in [0, 0.1) is 5.92 Å². The van der Waals surface area contributed by atoms with E-state index in [-0.39, 0.29) is 6.10 Å². The van der Waals surface area contributed by atoms with Crippen LogP contribution in [0.5, 0.6) is 5.75 Å². The van der Waals surface area contributed by atoms with Crippen LogP contribution in [0.2, 0.25) is 0 Å². The van der Waals surface area contributed by atoms with Crippen molar-refractivity contribution in [2.75, 3.05) is 6.54 Å². The molecule has 3 heteroatoms. The maximum atomic E-state index is 6.28. The van der Waals surface area contributed by atoms with Gasteiger partial charge in [-0.15, -0.1) is 0 Å². The lowest BCUT2D eigenvalue weighted by molar-refractivity contribution is 0.147. The molecule has 1 atom stereocenters. The van der Waals surface area contributed by atoms with Crippen molar-refractivity contribution >= 4 is 26.7 Å². The van der Waals surface area contributed by atoms with E-state index in [0.29, 0.717) is 5.92 Å². The lowest BCUT2D eigenvalue weighted by Gasteiger charge is -2.24. The SMILES string of the molecule is CC(C)C(CNC1CC1)Oc1ccc2ccccc2c1Br. The van der Waals surface area contributed by atoms with Gasteiger partial charge >= 0.3 is 0 Å². The molecule has 0 heterocycles. The maximum Gasteiger partial charge on any atom is 0.134 e. The standard InChI is InChI=1S/C18H22BrNO/c1-12(2)17(11-20-14-8-9-14)21-16-10-7-13-5-3-4-6-15(13)18(16)19/h3-7,10,12,14,17,20H,8-9,11H2,1-2H3. The molecule has 21 heavy (non-hydrogen) atoms. The minimum absolute atomic E-state index is 0.197. The Morgan fingerprint density at radius 3 is 2.67 bits per heavy atom. The largest absolute Gasteiger partial charge is 0.488 e. The number of fused-ring (bicyclic) bond motifs is 1. The summed E-state index contributed by atoms with van der Waals surface area (Å²) in [6.07, 6.45) is 2.82. The first-order valence-corrected chi connectivity index (χ1v) is 8.51. The number of hydrogen-bond acceptors (Lipinski definition) is 2. The van der Waals surface area contributed by atoms with Crippen LogP contribution in [-0.2, 0) is 0 Å². The summed E-state index contributed by atoms with van der Waals surface area (Å²) in [5.74, 6) is 1.42. The highest BCUT2D eigenvalue weighted by molar-refractivity contribution is 9.10. The molecule has 1 aliphatic rings. The number of halogens is 1. The second kappa shape index (κ2) is 6.37. The van der Waals surface area contributed by atoms with Gasteiger partial charge in [-0.1, -0.05) is 44.2 Å². The first-order chi connectivity index (χ1) is 10.1. The number of benzene rings is 2. The first-order valence-electron chi connectivity index (χ1n) is 7.72. The fourth-order valence-corrected chi connectivity index (χ4v) is 3.04. The third-order valence-corrected chi connectivity index (χ3v) is 4.85. The van der Waals surface area contributed by atoms with Crippen molar-refractivity contribution in [2.24, 2.45) is 5.92 Å². The topological polar surface area (TPSA) is 21.3 Å². The predicted molar refractivity (Wildman–Crippen MR) is 91.9 cm³/mol. The molecule has 0 saturated heterocycles. The van der Waals surface area contributed by atoms with Crippen LogP contribution >= 0.6 is 15.9 Å². The second-order valence-electron chi connectivity index (χ2n) is 6.18. The molecular weight excluding hydrogens is 326 g/mol. The summed E-state index contributed by atoms with van der Waals surface area (Å²) in [7, 11) is 0. The van der Waals surface area contributed by atoms with Gasteiger partial charge in [0.05, 0.1) is 4.47 Å². The average Bonchev–Trinajstić information content (AvgIpc) is 3.30. The Hall–Kier alpha value is -1.06.